The topological polar surface area (TPSA) is 58.2 Å². The number of nitrogens with one attached hydrogen (secondary N) is 2. The largest absolute Gasteiger partial charge is 0.355 e. The van der Waals surface area contributed by atoms with Crippen LogP contribution in [-0.4, -0.2) is 18.4 Å². The molecule has 5 heteroatoms. The number of hydrogen-bond acceptors (Lipinski definition) is 2. The van der Waals surface area contributed by atoms with Crippen LogP contribution in [0, 0.1) is 12.3 Å². The summed E-state index contributed by atoms with van der Waals surface area (Å²) in [6.07, 6.45) is 1.92. The number of rotatable bonds is 6. The van der Waals surface area contributed by atoms with E-state index in [4.69, 9.17) is 0 Å². The minimum Gasteiger partial charge on any atom is -0.355 e. The van der Waals surface area contributed by atoms with E-state index in [1.807, 2.05) is 19.1 Å². The molecule has 0 bridgehead atoms. The molecule has 1 aromatic carbocycles. The van der Waals surface area contributed by atoms with Gasteiger partial charge in [-0.05, 0) is 51.0 Å². The highest BCUT2D eigenvalue weighted by Gasteiger charge is 2.35. The number of unbranched alkanes of at least 4 members (excludes halogenated alkanes) is 1. The molecular weight excluding hydrogens is 332 g/mol. The van der Waals surface area contributed by atoms with Crippen LogP contribution in [-0.2, 0) is 9.59 Å². The Morgan fingerprint density at radius 1 is 1.24 bits per heavy atom. The predicted octanol–water partition coefficient (Wildman–Crippen LogP) is 3.64. The van der Waals surface area contributed by atoms with E-state index >= 15 is 0 Å². The summed E-state index contributed by atoms with van der Waals surface area (Å²) >= 11 is 3.42. The Morgan fingerprint density at radius 2 is 1.90 bits per heavy atom. The Bertz CT molecular complexity index is 527. The fourth-order valence-corrected chi connectivity index (χ4v) is 1.96. The van der Waals surface area contributed by atoms with Crippen molar-refractivity contribution in [1.82, 2.24) is 5.32 Å². The van der Waals surface area contributed by atoms with Crippen molar-refractivity contribution in [2.75, 3.05) is 11.9 Å². The average Bonchev–Trinajstić information content (AvgIpc) is 2.43. The van der Waals surface area contributed by atoms with E-state index < -0.39 is 5.41 Å². The summed E-state index contributed by atoms with van der Waals surface area (Å²) in [4.78, 5) is 24.4. The third-order valence-electron chi connectivity index (χ3n) is 3.37. The lowest BCUT2D eigenvalue weighted by Gasteiger charge is -2.23. The molecule has 0 unspecified atom stereocenters. The monoisotopic (exact) mass is 354 g/mol. The Hall–Kier alpha value is -1.36. The minimum atomic E-state index is -1.10. The van der Waals surface area contributed by atoms with Gasteiger partial charge >= 0.3 is 0 Å². The zero-order valence-corrected chi connectivity index (χ0v) is 14.6. The van der Waals surface area contributed by atoms with Gasteiger partial charge < -0.3 is 10.6 Å². The molecule has 2 N–H and O–H groups in total. The molecule has 0 radical (unpaired) electrons. The first kappa shape index (κ1) is 17.7. The van der Waals surface area contributed by atoms with Gasteiger partial charge in [0.1, 0.15) is 5.41 Å². The normalized spacial score (nSPS) is 11.1. The molecule has 21 heavy (non-hydrogen) atoms. The molecule has 0 saturated carbocycles. The summed E-state index contributed by atoms with van der Waals surface area (Å²) in [6.45, 7) is 7.87. The number of amides is 2. The maximum absolute atomic E-state index is 12.3. The third kappa shape index (κ3) is 4.84. The standard InChI is InChI=1S/C16H23BrN2O2/c1-5-6-9-18-14(20)16(3,4)15(21)19-12-7-8-13(17)11(2)10-12/h7-8,10H,5-6,9H2,1-4H3,(H,18,20)(H,19,21). The highest BCUT2D eigenvalue weighted by molar-refractivity contribution is 9.10. The molecule has 0 heterocycles. The Morgan fingerprint density at radius 3 is 2.48 bits per heavy atom. The van der Waals surface area contributed by atoms with E-state index in [1.54, 1.807) is 19.9 Å². The summed E-state index contributed by atoms with van der Waals surface area (Å²) < 4.78 is 0.983. The van der Waals surface area contributed by atoms with Gasteiger partial charge in [-0.15, -0.1) is 0 Å². The van der Waals surface area contributed by atoms with Gasteiger partial charge in [-0.2, -0.15) is 0 Å². The fourth-order valence-electron chi connectivity index (χ4n) is 1.71. The Balaban J connectivity index is 2.71. The summed E-state index contributed by atoms with van der Waals surface area (Å²) in [7, 11) is 0. The van der Waals surface area contributed by atoms with Gasteiger partial charge in [-0.3, -0.25) is 9.59 Å². The number of carbonyl (C=O) groups is 2. The lowest BCUT2D eigenvalue weighted by atomic mass is 9.91. The summed E-state index contributed by atoms with van der Waals surface area (Å²) in [6, 6.07) is 5.55. The van der Waals surface area contributed by atoms with Gasteiger partial charge in [0.15, 0.2) is 0 Å². The van der Waals surface area contributed by atoms with Crippen molar-refractivity contribution in [3.8, 4) is 0 Å². The van der Waals surface area contributed by atoms with Crippen LogP contribution in [0.4, 0.5) is 5.69 Å². The molecule has 0 fully saturated rings. The summed E-state index contributed by atoms with van der Waals surface area (Å²) in [5, 5.41) is 5.60. The first-order valence-electron chi connectivity index (χ1n) is 7.15. The van der Waals surface area contributed by atoms with Crippen LogP contribution in [0.3, 0.4) is 0 Å². The van der Waals surface area contributed by atoms with Gasteiger partial charge in [0.2, 0.25) is 11.8 Å². The highest BCUT2D eigenvalue weighted by Crippen LogP contribution is 2.23. The van der Waals surface area contributed by atoms with Gasteiger partial charge in [-0.1, -0.05) is 29.3 Å². The van der Waals surface area contributed by atoms with Crippen molar-refractivity contribution < 1.29 is 9.59 Å². The van der Waals surface area contributed by atoms with Crippen molar-refractivity contribution in [2.24, 2.45) is 5.41 Å². The molecule has 0 saturated heterocycles. The van der Waals surface area contributed by atoms with E-state index in [0.717, 1.165) is 22.9 Å². The van der Waals surface area contributed by atoms with Crippen LogP contribution in [0.25, 0.3) is 0 Å². The second-order valence-corrected chi connectivity index (χ2v) is 6.51. The molecule has 0 aromatic heterocycles. The van der Waals surface area contributed by atoms with E-state index in [0.29, 0.717) is 12.2 Å². The molecule has 1 rings (SSSR count). The highest BCUT2D eigenvalue weighted by atomic mass is 79.9. The zero-order valence-electron chi connectivity index (χ0n) is 13.0. The second kappa shape index (κ2) is 7.59. The van der Waals surface area contributed by atoms with Gasteiger partial charge in [0.25, 0.3) is 0 Å². The SMILES string of the molecule is CCCCNC(=O)C(C)(C)C(=O)Nc1ccc(Br)c(C)c1. The number of carbonyl (C=O) groups excluding carboxylic acids is 2. The van der Waals surface area contributed by atoms with Crippen LogP contribution in [0.1, 0.15) is 39.2 Å². The van der Waals surface area contributed by atoms with Crippen LogP contribution >= 0.6 is 15.9 Å². The first-order valence-corrected chi connectivity index (χ1v) is 7.94. The van der Waals surface area contributed by atoms with Crippen LogP contribution < -0.4 is 10.6 Å². The van der Waals surface area contributed by atoms with Crippen LogP contribution in [0.5, 0.6) is 0 Å². The number of anilines is 1. The van der Waals surface area contributed by atoms with Crippen LogP contribution in [0.2, 0.25) is 0 Å². The smallest absolute Gasteiger partial charge is 0.239 e. The molecule has 0 spiro atoms. The van der Waals surface area contributed by atoms with Gasteiger partial charge in [0.05, 0.1) is 0 Å². The van der Waals surface area contributed by atoms with Crippen molar-refractivity contribution in [3.63, 3.8) is 0 Å². The number of halogens is 1. The maximum atomic E-state index is 12.3. The van der Waals surface area contributed by atoms with E-state index in [1.165, 1.54) is 0 Å². The van der Waals surface area contributed by atoms with Gasteiger partial charge in [-0.25, -0.2) is 0 Å². The third-order valence-corrected chi connectivity index (χ3v) is 4.26. The zero-order chi connectivity index (χ0) is 16.0. The average molecular weight is 355 g/mol. The predicted molar refractivity (Wildman–Crippen MR) is 89.2 cm³/mol. The van der Waals surface area contributed by atoms with E-state index in [-0.39, 0.29) is 11.8 Å². The van der Waals surface area contributed by atoms with Crippen molar-refractivity contribution in [1.29, 1.82) is 0 Å². The summed E-state index contributed by atoms with van der Waals surface area (Å²) in [5.74, 6) is -0.555. The number of aryl methyl sites for hydroxylation is 1. The molecule has 4 nitrogen and oxygen atoms in total. The quantitative estimate of drug-likeness (QED) is 0.605. The van der Waals surface area contributed by atoms with Crippen molar-refractivity contribution >= 4 is 33.4 Å². The van der Waals surface area contributed by atoms with Crippen LogP contribution in [0.15, 0.2) is 22.7 Å². The molecule has 0 atom stereocenters. The minimum absolute atomic E-state index is 0.248. The molecule has 2 amide bonds. The molecule has 116 valence electrons. The molecule has 0 aliphatic rings. The Kier molecular flexibility index (Phi) is 6.40. The molecule has 1 aromatic rings. The van der Waals surface area contributed by atoms with Crippen molar-refractivity contribution in [2.45, 2.75) is 40.5 Å². The number of hydrogen-bond donors (Lipinski definition) is 2. The van der Waals surface area contributed by atoms with Crippen molar-refractivity contribution in [3.05, 3.63) is 28.2 Å². The van der Waals surface area contributed by atoms with E-state index in [9.17, 15) is 9.59 Å². The lowest BCUT2D eigenvalue weighted by molar-refractivity contribution is -0.138. The second-order valence-electron chi connectivity index (χ2n) is 5.65. The number of benzene rings is 1. The molecule has 0 aliphatic carbocycles. The fraction of sp³-hybridized carbons (Fsp3) is 0.500. The van der Waals surface area contributed by atoms with E-state index in [2.05, 4.69) is 33.5 Å². The lowest BCUT2D eigenvalue weighted by Crippen LogP contribution is -2.45. The Labute approximate surface area is 134 Å². The molecule has 0 aliphatic heterocycles. The van der Waals surface area contributed by atoms with Gasteiger partial charge in [0, 0.05) is 16.7 Å². The molecular formula is C16H23BrN2O2. The summed E-state index contributed by atoms with van der Waals surface area (Å²) in [5.41, 5.74) is 0.613. The first-order chi connectivity index (χ1) is 9.78. The maximum Gasteiger partial charge on any atom is 0.239 e.